The summed E-state index contributed by atoms with van der Waals surface area (Å²) in [5.41, 5.74) is 1.16. The quantitative estimate of drug-likeness (QED) is 0.844. The molecule has 20 heavy (non-hydrogen) atoms. The van der Waals surface area contributed by atoms with Crippen LogP contribution in [-0.2, 0) is 9.59 Å². The molecule has 0 atom stereocenters. The van der Waals surface area contributed by atoms with Crippen LogP contribution in [0.15, 0.2) is 27.6 Å². The average molecular weight is 357 g/mol. The Bertz CT molecular complexity index is 522. The van der Waals surface area contributed by atoms with Gasteiger partial charge in [0.15, 0.2) is 0 Å². The van der Waals surface area contributed by atoms with Crippen molar-refractivity contribution in [1.82, 2.24) is 10.2 Å². The number of rotatable bonds is 3. The zero-order chi connectivity index (χ0) is 14.5. The van der Waals surface area contributed by atoms with E-state index < -0.39 is 0 Å². The van der Waals surface area contributed by atoms with Crippen LogP contribution in [0.4, 0.5) is 0 Å². The number of hydrogen-bond donors (Lipinski definition) is 1. The van der Waals surface area contributed by atoms with Crippen LogP contribution in [0.5, 0.6) is 0 Å². The lowest BCUT2D eigenvalue weighted by molar-refractivity contribution is -0.128. The van der Waals surface area contributed by atoms with Gasteiger partial charge in [-0.25, -0.2) is 0 Å². The van der Waals surface area contributed by atoms with Gasteiger partial charge in [-0.2, -0.15) is 0 Å². The first-order chi connectivity index (χ1) is 9.56. The SMILES string of the molecule is Cc1cc(Br)ccc1SCC(=O)N1CCNC(=O)CC1. The highest BCUT2D eigenvalue weighted by atomic mass is 79.9. The van der Waals surface area contributed by atoms with Gasteiger partial charge < -0.3 is 10.2 Å². The fourth-order valence-corrected chi connectivity index (χ4v) is 3.41. The van der Waals surface area contributed by atoms with Crippen LogP contribution in [0, 0.1) is 6.92 Å². The summed E-state index contributed by atoms with van der Waals surface area (Å²) in [7, 11) is 0. The fourth-order valence-electron chi connectivity index (χ4n) is 2.02. The van der Waals surface area contributed by atoms with Crippen LogP contribution >= 0.6 is 27.7 Å². The highest BCUT2D eigenvalue weighted by Gasteiger charge is 2.18. The molecule has 2 rings (SSSR count). The van der Waals surface area contributed by atoms with Crippen LogP contribution in [0.1, 0.15) is 12.0 Å². The summed E-state index contributed by atoms with van der Waals surface area (Å²) < 4.78 is 1.04. The van der Waals surface area contributed by atoms with E-state index >= 15 is 0 Å². The molecule has 1 heterocycles. The van der Waals surface area contributed by atoms with Gasteiger partial charge in [-0.05, 0) is 30.7 Å². The lowest BCUT2D eigenvalue weighted by Crippen LogP contribution is -2.35. The molecule has 1 aliphatic heterocycles. The van der Waals surface area contributed by atoms with Crippen LogP contribution in [0.2, 0.25) is 0 Å². The molecule has 1 aromatic rings. The van der Waals surface area contributed by atoms with Gasteiger partial charge in [0.1, 0.15) is 0 Å². The van der Waals surface area contributed by atoms with Gasteiger partial charge in [-0.3, -0.25) is 9.59 Å². The smallest absolute Gasteiger partial charge is 0.233 e. The molecule has 0 aliphatic carbocycles. The lowest BCUT2D eigenvalue weighted by atomic mass is 10.2. The summed E-state index contributed by atoms with van der Waals surface area (Å²) in [6, 6.07) is 6.04. The number of carbonyl (C=O) groups excluding carboxylic acids is 2. The number of benzene rings is 1. The van der Waals surface area contributed by atoms with Crippen LogP contribution in [0.3, 0.4) is 0 Å². The summed E-state index contributed by atoms with van der Waals surface area (Å²) in [6.07, 6.45) is 0.397. The molecular weight excluding hydrogens is 340 g/mol. The maximum Gasteiger partial charge on any atom is 0.233 e. The zero-order valence-corrected chi connectivity index (χ0v) is 13.7. The maximum atomic E-state index is 12.2. The fraction of sp³-hybridized carbons (Fsp3) is 0.429. The Morgan fingerprint density at radius 1 is 1.45 bits per heavy atom. The van der Waals surface area contributed by atoms with Gasteiger partial charge in [0.05, 0.1) is 5.75 Å². The number of nitrogens with zero attached hydrogens (tertiary/aromatic N) is 1. The van der Waals surface area contributed by atoms with Crippen molar-refractivity contribution in [3.63, 3.8) is 0 Å². The van der Waals surface area contributed by atoms with Gasteiger partial charge in [-0.1, -0.05) is 15.9 Å². The molecule has 1 aliphatic rings. The van der Waals surface area contributed by atoms with Crippen LogP contribution in [0.25, 0.3) is 0 Å². The van der Waals surface area contributed by atoms with Crippen molar-refractivity contribution in [3.8, 4) is 0 Å². The summed E-state index contributed by atoms with van der Waals surface area (Å²) in [6.45, 7) is 3.70. The minimum absolute atomic E-state index is 0.0247. The molecule has 108 valence electrons. The molecule has 0 radical (unpaired) electrons. The van der Waals surface area contributed by atoms with Crippen molar-refractivity contribution >= 4 is 39.5 Å². The van der Waals surface area contributed by atoms with E-state index in [1.807, 2.05) is 25.1 Å². The van der Waals surface area contributed by atoms with E-state index in [0.29, 0.717) is 31.8 Å². The number of aryl methyl sites for hydroxylation is 1. The normalized spacial score (nSPS) is 15.7. The molecule has 0 saturated carbocycles. The topological polar surface area (TPSA) is 49.4 Å². The Balaban J connectivity index is 1.89. The molecule has 6 heteroatoms. The van der Waals surface area contributed by atoms with Crippen molar-refractivity contribution in [2.24, 2.45) is 0 Å². The molecule has 1 N–H and O–H groups in total. The molecule has 1 fully saturated rings. The number of hydrogen-bond acceptors (Lipinski definition) is 3. The Morgan fingerprint density at radius 2 is 2.25 bits per heavy atom. The van der Waals surface area contributed by atoms with E-state index in [0.717, 1.165) is 14.9 Å². The summed E-state index contributed by atoms with van der Waals surface area (Å²) >= 11 is 4.98. The van der Waals surface area contributed by atoms with E-state index in [1.54, 1.807) is 16.7 Å². The average Bonchev–Trinajstić information content (AvgIpc) is 2.62. The number of halogens is 1. The van der Waals surface area contributed by atoms with E-state index in [9.17, 15) is 9.59 Å². The Morgan fingerprint density at radius 3 is 3.00 bits per heavy atom. The van der Waals surface area contributed by atoms with Crippen molar-refractivity contribution in [3.05, 3.63) is 28.2 Å². The van der Waals surface area contributed by atoms with Gasteiger partial charge in [0.25, 0.3) is 0 Å². The predicted octanol–water partition coefficient (Wildman–Crippen LogP) is 2.20. The van der Waals surface area contributed by atoms with Crippen molar-refractivity contribution in [1.29, 1.82) is 0 Å². The third-order valence-electron chi connectivity index (χ3n) is 3.15. The zero-order valence-electron chi connectivity index (χ0n) is 11.3. The second-order valence-corrected chi connectivity index (χ2v) is 6.61. The summed E-state index contributed by atoms with van der Waals surface area (Å²) in [5.74, 6) is 0.530. The van der Waals surface area contributed by atoms with Crippen LogP contribution < -0.4 is 5.32 Å². The Hall–Kier alpha value is -1.01. The molecular formula is C14H17BrN2O2S. The first kappa shape index (κ1) is 15.4. The Labute approximate surface area is 131 Å². The van der Waals surface area contributed by atoms with E-state index in [1.165, 1.54) is 0 Å². The van der Waals surface area contributed by atoms with E-state index in [-0.39, 0.29) is 11.8 Å². The summed E-state index contributed by atoms with van der Waals surface area (Å²) in [4.78, 5) is 26.3. The van der Waals surface area contributed by atoms with E-state index in [2.05, 4.69) is 21.2 Å². The largest absolute Gasteiger partial charge is 0.354 e. The number of thioether (sulfide) groups is 1. The second-order valence-electron chi connectivity index (χ2n) is 4.68. The molecule has 0 bridgehead atoms. The third-order valence-corrected chi connectivity index (χ3v) is 4.81. The third kappa shape index (κ3) is 4.24. The van der Waals surface area contributed by atoms with Gasteiger partial charge in [0, 0.05) is 35.4 Å². The number of amides is 2. The second kappa shape index (κ2) is 7.13. The van der Waals surface area contributed by atoms with Gasteiger partial charge >= 0.3 is 0 Å². The molecule has 1 aromatic carbocycles. The minimum atomic E-state index is 0.0247. The monoisotopic (exact) mass is 356 g/mol. The van der Waals surface area contributed by atoms with Crippen LogP contribution in [-0.4, -0.2) is 42.1 Å². The molecule has 0 spiro atoms. The number of nitrogens with one attached hydrogen (secondary N) is 1. The molecule has 1 saturated heterocycles. The summed E-state index contributed by atoms with van der Waals surface area (Å²) in [5, 5.41) is 2.77. The van der Waals surface area contributed by atoms with Crippen molar-refractivity contribution < 1.29 is 9.59 Å². The molecule has 0 unspecified atom stereocenters. The van der Waals surface area contributed by atoms with Gasteiger partial charge in [0.2, 0.25) is 11.8 Å². The minimum Gasteiger partial charge on any atom is -0.354 e. The van der Waals surface area contributed by atoms with Gasteiger partial charge in [-0.15, -0.1) is 11.8 Å². The highest BCUT2D eigenvalue weighted by molar-refractivity contribution is 9.10. The van der Waals surface area contributed by atoms with Crippen molar-refractivity contribution in [2.75, 3.05) is 25.4 Å². The standard InChI is InChI=1S/C14H17BrN2O2S/c1-10-8-11(15)2-3-12(10)20-9-14(19)17-6-4-13(18)16-5-7-17/h2-3,8H,4-7,9H2,1H3,(H,16,18). The van der Waals surface area contributed by atoms with Crippen molar-refractivity contribution in [2.45, 2.75) is 18.2 Å². The Kier molecular flexibility index (Phi) is 5.48. The molecule has 2 amide bonds. The molecule has 0 aromatic heterocycles. The first-order valence-electron chi connectivity index (χ1n) is 6.49. The highest BCUT2D eigenvalue weighted by Crippen LogP contribution is 2.25. The van der Waals surface area contributed by atoms with E-state index in [4.69, 9.17) is 0 Å². The lowest BCUT2D eigenvalue weighted by Gasteiger charge is -2.19. The predicted molar refractivity (Wildman–Crippen MR) is 83.8 cm³/mol. The number of carbonyl (C=O) groups is 2. The maximum absolute atomic E-state index is 12.2. The first-order valence-corrected chi connectivity index (χ1v) is 8.27. The molecule has 4 nitrogen and oxygen atoms in total.